The highest BCUT2D eigenvalue weighted by Crippen LogP contribution is 2.21. The fraction of sp³-hybridized carbons (Fsp3) is 0.750. The highest BCUT2D eigenvalue weighted by Gasteiger charge is 2.22. The topological polar surface area (TPSA) is 31.6 Å². The van der Waals surface area contributed by atoms with Crippen LogP contribution in [0.15, 0.2) is 16.7 Å². The molecule has 1 N–H and O–H groups in total. The molecule has 1 aliphatic heterocycles. The van der Waals surface area contributed by atoms with E-state index in [1.165, 1.54) is 57.5 Å². The van der Waals surface area contributed by atoms with Crippen molar-refractivity contribution in [2.24, 2.45) is 0 Å². The average molecular weight is 277 g/mol. The number of hydrogen-bond acceptors (Lipinski definition) is 4. The number of piperazine rings is 1. The molecule has 4 heteroatoms. The van der Waals surface area contributed by atoms with Gasteiger partial charge in [0.1, 0.15) is 5.76 Å². The number of hydrogen-bond donors (Lipinski definition) is 1. The largest absolute Gasteiger partial charge is 0.468 e. The van der Waals surface area contributed by atoms with Crippen LogP contribution < -0.4 is 5.32 Å². The zero-order chi connectivity index (χ0) is 13.8. The summed E-state index contributed by atoms with van der Waals surface area (Å²) in [5.41, 5.74) is 1.36. The van der Waals surface area contributed by atoms with Crippen LogP contribution in [0, 0.1) is 0 Å². The van der Waals surface area contributed by atoms with E-state index in [0.29, 0.717) is 0 Å². The first-order valence-electron chi connectivity index (χ1n) is 8.08. The fourth-order valence-electron chi connectivity index (χ4n) is 2.92. The summed E-state index contributed by atoms with van der Waals surface area (Å²) in [5.74, 6) is 1.13. The van der Waals surface area contributed by atoms with Gasteiger partial charge in [-0.3, -0.25) is 4.90 Å². The Balaban J connectivity index is 1.46. The highest BCUT2D eigenvalue weighted by molar-refractivity contribution is 5.17. The van der Waals surface area contributed by atoms with Gasteiger partial charge < -0.3 is 14.6 Å². The summed E-state index contributed by atoms with van der Waals surface area (Å²) < 4.78 is 5.64. The van der Waals surface area contributed by atoms with Gasteiger partial charge >= 0.3 is 0 Å². The summed E-state index contributed by atoms with van der Waals surface area (Å²) in [5, 5.41) is 3.54. The van der Waals surface area contributed by atoms with E-state index in [2.05, 4.69) is 28.1 Å². The van der Waals surface area contributed by atoms with Crippen molar-refractivity contribution in [2.45, 2.75) is 45.3 Å². The quantitative estimate of drug-likeness (QED) is 0.827. The summed E-state index contributed by atoms with van der Waals surface area (Å²) in [6.07, 6.45) is 5.76. The van der Waals surface area contributed by atoms with E-state index >= 15 is 0 Å². The van der Waals surface area contributed by atoms with E-state index in [0.717, 1.165) is 24.9 Å². The van der Waals surface area contributed by atoms with Crippen LogP contribution >= 0.6 is 0 Å². The van der Waals surface area contributed by atoms with Crippen molar-refractivity contribution in [2.75, 3.05) is 32.7 Å². The van der Waals surface area contributed by atoms with Gasteiger partial charge in [-0.1, -0.05) is 6.92 Å². The number of nitrogens with one attached hydrogen (secondary N) is 1. The third-order valence-corrected chi connectivity index (χ3v) is 4.37. The summed E-state index contributed by atoms with van der Waals surface area (Å²) in [6, 6.07) is 2.88. The molecule has 3 rings (SSSR count). The van der Waals surface area contributed by atoms with Crippen LogP contribution in [0.25, 0.3) is 0 Å². The molecule has 0 bridgehead atoms. The molecule has 1 aromatic rings. The molecule has 0 atom stereocenters. The number of nitrogens with zero attached hydrogens (tertiary/aromatic N) is 2. The van der Waals surface area contributed by atoms with Gasteiger partial charge in [0.15, 0.2) is 0 Å². The second-order valence-electron chi connectivity index (χ2n) is 6.14. The molecule has 112 valence electrons. The molecule has 1 saturated carbocycles. The van der Waals surface area contributed by atoms with E-state index in [4.69, 9.17) is 4.42 Å². The Morgan fingerprint density at radius 3 is 2.65 bits per heavy atom. The van der Waals surface area contributed by atoms with Crippen LogP contribution in [-0.4, -0.2) is 48.6 Å². The Kier molecular flexibility index (Phi) is 4.76. The summed E-state index contributed by atoms with van der Waals surface area (Å²) in [4.78, 5) is 5.12. The molecule has 2 heterocycles. The fourth-order valence-corrected chi connectivity index (χ4v) is 2.92. The van der Waals surface area contributed by atoms with Crippen LogP contribution in [0.3, 0.4) is 0 Å². The van der Waals surface area contributed by atoms with Crippen molar-refractivity contribution in [1.82, 2.24) is 15.1 Å². The van der Waals surface area contributed by atoms with Crippen LogP contribution in [-0.2, 0) is 13.1 Å². The van der Waals surface area contributed by atoms with E-state index in [1.807, 2.05) is 6.26 Å². The molecule has 2 aliphatic rings. The minimum Gasteiger partial charge on any atom is -0.468 e. The number of rotatable bonds is 7. The molecular formula is C16H27N3O. The predicted octanol–water partition coefficient (Wildman–Crippen LogP) is 2.06. The first kappa shape index (κ1) is 14.1. The smallest absolute Gasteiger partial charge is 0.122 e. The van der Waals surface area contributed by atoms with Gasteiger partial charge in [0.2, 0.25) is 0 Å². The van der Waals surface area contributed by atoms with Gasteiger partial charge in [0.25, 0.3) is 0 Å². The molecule has 1 aliphatic carbocycles. The van der Waals surface area contributed by atoms with Crippen molar-refractivity contribution in [3.05, 3.63) is 23.7 Å². The monoisotopic (exact) mass is 277 g/mol. The molecule has 1 saturated heterocycles. The van der Waals surface area contributed by atoms with E-state index in [1.54, 1.807) is 0 Å². The molecule has 0 radical (unpaired) electrons. The predicted molar refractivity (Wildman–Crippen MR) is 80.6 cm³/mol. The Morgan fingerprint density at radius 2 is 1.95 bits per heavy atom. The van der Waals surface area contributed by atoms with Crippen LogP contribution in [0.4, 0.5) is 0 Å². The highest BCUT2D eigenvalue weighted by atomic mass is 16.3. The Morgan fingerprint density at radius 1 is 1.20 bits per heavy atom. The summed E-state index contributed by atoms with van der Waals surface area (Å²) in [7, 11) is 0. The second-order valence-corrected chi connectivity index (χ2v) is 6.14. The molecule has 0 amide bonds. The lowest BCUT2D eigenvalue weighted by atomic mass is 10.2. The molecular weight excluding hydrogens is 250 g/mol. The SMILES string of the molecule is CCCN1CCN(Cc2ccoc2CNC2CC2)CC1. The maximum atomic E-state index is 5.64. The van der Waals surface area contributed by atoms with Gasteiger partial charge in [0, 0.05) is 44.3 Å². The van der Waals surface area contributed by atoms with Crippen molar-refractivity contribution in [3.8, 4) is 0 Å². The maximum absolute atomic E-state index is 5.64. The van der Waals surface area contributed by atoms with E-state index in [9.17, 15) is 0 Å². The average Bonchev–Trinajstić information content (AvgIpc) is 3.19. The van der Waals surface area contributed by atoms with E-state index in [-0.39, 0.29) is 0 Å². The van der Waals surface area contributed by atoms with Crippen molar-refractivity contribution < 1.29 is 4.42 Å². The minimum absolute atomic E-state index is 0.741. The van der Waals surface area contributed by atoms with Gasteiger partial charge in [-0.15, -0.1) is 0 Å². The van der Waals surface area contributed by atoms with Gasteiger partial charge in [-0.05, 0) is 31.9 Å². The maximum Gasteiger partial charge on any atom is 0.122 e. The zero-order valence-electron chi connectivity index (χ0n) is 12.6. The lowest BCUT2D eigenvalue weighted by Crippen LogP contribution is -2.46. The lowest BCUT2D eigenvalue weighted by Gasteiger charge is -2.34. The van der Waals surface area contributed by atoms with Crippen molar-refractivity contribution in [1.29, 1.82) is 0 Å². The molecule has 1 aromatic heterocycles. The first-order chi connectivity index (χ1) is 9.85. The van der Waals surface area contributed by atoms with Crippen LogP contribution in [0.1, 0.15) is 37.5 Å². The Hall–Kier alpha value is -0.840. The minimum atomic E-state index is 0.741. The third kappa shape index (κ3) is 3.84. The summed E-state index contributed by atoms with van der Waals surface area (Å²) >= 11 is 0. The molecule has 2 fully saturated rings. The van der Waals surface area contributed by atoms with Gasteiger partial charge in [-0.2, -0.15) is 0 Å². The standard InChI is InChI=1S/C16H27N3O/c1-2-6-18-7-9-19(10-8-18)13-14-5-11-20-16(14)12-17-15-3-4-15/h5,11,15,17H,2-4,6-10,12-13H2,1H3. The van der Waals surface area contributed by atoms with Crippen molar-refractivity contribution >= 4 is 0 Å². The van der Waals surface area contributed by atoms with Gasteiger partial charge in [0.05, 0.1) is 12.8 Å². The molecule has 0 unspecified atom stereocenters. The first-order valence-corrected chi connectivity index (χ1v) is 8.08. The zero-order valence-corrected chi connectivity index (χ0v) is 12.6. The molecule has 20 heavy (non-hydrogen) atoms. The number of furan rings is 1. The van der Waals surface area contributed by atoms with E-state index < -0.39 is 0 Å². The Labute approximate surface area is 122 Å². The van der Waals surface area contributed by atoms with Gasteiger partial charge in [-0.25, -0.2) is 0 Å². The molecule has 0 aromatic carbocycles. The van der Waals surface area contributed by atoms with Crippen LogP contribution in [0.2, 0.25) is 0 Å². The molecule has 0 spiro atoms. The normalized spacial score (nSPS) is 21.4. The third-order valence-electron chi connectivity index (χ3n) is 4.37. The summed E-state index contributed by atoms with van der Waals surface area (Å²) in [6.45, 7) is 10.2. The Bertz CT molecular complexity index is 406. The lowest BCUT2D eigenvalue weighted by molar-refractivity contribution is 0.127. The second kappa shape index (κ2) is 6.74. The van der Waals surface area contributed by atoms with Crippen LogP contribution in [0.5, 0.6) is 0 Å². The van der Waals surface area contributed by atoms with Crippen molar-refractivity contribution in [3.63, 3.8) is 0 Å². The molecule has 4 nitrogen and oxygen atoms in total.